The Kier molecular flexibility index (Phi) is 5.60. The molecule has 0 amide bonds. The maximum atomic E-state index is 10.7. The second-order valence-corrected chi connectivity index (χ2v) is 4.54. The van der Waals surface area contributed by atoms with E-state index in [2.05, 4.69) is 0 Å². The van der Waals surface area contributed by atoms with E-state index in [1.54, 1.807) is 0 Å². The molecule has 0 radical (unpaired) electrons. The summed E-state index contributed by atoms with van der Waals surface area (Å²) in [6, 6.07) is 2.26. The molecule has 0 aliphatic heterocycles. The molecule has 0 aromatic heterocycles. The number of hydrogen-bond donors (Lipinski definition) is 2. The van der Waals surface area contributed by atoms with Gasteiger partial charge >= 0.3 is 29.6 Å². The average Bonchev–Trinajstić information content (AvgIpc) is 2.06. The first kappa shape index (κ1) is 15.2. The molecule has 2 N–H and O–H groups in total. The Labute approximate surface area is 115 Å². The Balaban J connectivity index is 0.00000196. The summed E-state index contributed by atoms with van der Waals surface area (Å²) in [5.74, 6) is -0.492. The summed E-state index contributed by atoms with van der Waals surface area (Å²) in [6.07, 6.45) is 0.568. The molecule has 80 valence electrons. The quantitative estimate of drug-likeness (QED) is 0.619. The van der Waals surface area contributed by atoms with E-state index in [1.807, 2.05) is 6.92 Å². The molecule has 7 heteroatoms. The zero-order valence-electron chi connectivity index (χ0n) is 7.36. The van der Waals surface area contributed by atoms with Crippen LogP contribution in [0.1, 0.15) is 12.5 Å². The van der Waals surface area contributed by atoms with Crippen molar-refractivity contribution in [1.82, 2.24) is 0 Å². The topological polar surface area (TPSA) is 74.6 Å². The van der Waals surface area contributed by atoms with Gasteiger partial charge in [0.2, 0.25) is 0 Å². The second kappa shape index (κ2) is 5.52. The molecule has 1 aromatic rings. The van der Waals surface area contributed by atoms with E-state index < -0.39 is 20.8 Å². The van der Waals surface area contributed by atoms with Gasteiger partial charge in [0.1, 0.15) is 10.6 Å². The first-order valence-corrected chi connectivity index (χ1v) is 5.67. The van der Waals surface area contributed by atoms with E-state index in [4.69, 9.17) is 16.2 Å². The van der Waals surface area contributed by atoms with E-state index >= 15 is 0 Å². The van der Waals surface area contributed by atoms with E-state index in [9.17, 15) is 13.5 Å². The number of aryl methyl sites for hydroxylation is 1. The van der Waals surface area contributed by atoms with Gasteiger partial charge in [-0.1, -0.05) is 18.5 Å². The first-order chi connectivity index (χ1) is 6.36. The van der Waals surface area contributed by atoms with Gasteiger partial charge in [0.05, 0.1) is 0 Å². The van der Waals surface area contributed by atoms with Gasteiger partial charge in [-0.2, -0.15) is 8.42 Å². The van der Waals surface area contributed by atoms with E-state index in [1.165, 1.54) is 6.07 Å². The zero-order chi connectivity index (χ0) is 10.9. The third-order valence-electron chi connectivity index (χ3n) is 1.79. The van der Waals surface area contributed by atoms with E-state index in [0.717, 1.165) is 6.07 Å². The fourth-order valence-corrected chi connectivity index (χ4v) is 2.02. The van der Waals surface area contributed by atoms with Crippen LogP contribution in [0.2, 0.25) is 5.02 Å². The maximum absolute atomic E-state index is 10.7. The second-order valence-electron chi connectivity index (χ2n) is 2.74. The summed E-state index contributed by atoms with van der Waals surface area (Å²) in [5.41, 5.74) is 0.622. The summed E-state index contributed by atoms with van der Waals surface area (Å²) in [6.45, 7) is 1.81. The molecule has 4 nitrogen and oxygen atoms in total. The molecule has 0 fully saturated rings. The fourth-order valence-electron chi connectivity index (χ4n) is 1.06. The molecule has 1 aromatic carbocycles. The van der Waals surface area contributed by atoms with Crippen LogP contribution in [-0.2, 0) is 16.5 Å². The average molecular weight is 261 g/mol. The minimum atomic E-state index is -4.42. The predicted octanol–water partition coefficient (Wildman–Crippen LogP) is 1.21. The summed E-state index contributed by atoms with van der Waals surface area (Å²) in [4.78, 5) is -0.570. The molecule has 0 aliphatic carbocycles. The normalized spacial score (nSPS) is 10.9. The van der Waals surface area contributed by atoms with Crippen LogP contribution in [0, 0.1) is 0 Å². The van der Waals surface area contributed by atoms with Gasteiger partial charge in [-0.25, -0.2) is 0 Å². The molecule has 0 bridgehead atoms. The Morgan fingerprint density at radius 2 is 1.93 bits per heavy atom. The van der Waals surface area contributed by atoms with Crippen LogP contribution in [0.4, 0.5) is 0 Å². The van der Waals surface area contributed by atoms with Crippen molar-refractivity contribution in [3.8, 4) is 5.75 Å². The molecular weight excluding hydrogens is 251 g/mol. The molecule has 0 heterocycles. The van der Waals surface area contributed by atoms with Gasteiger partial charge in [0.25, 0.3) is 10.1 Å². The van der Waals surface area contributed by atoms with E-state index in [-0.39, 0.29) is 34.6 Å². The van der Waals surface area contributed by atoms with Crippen LogP contribution < -0.4 is 0 Å². The van der Waals surface area contributed by atoms with Crippen LogP contribution in [0.25, 0.3) is 0 Å². The SMILES string of the molecule is CCc1cc(O)c(S(=O)(=O)O)cc1Cl.[NaH]. The number of phenolic OH excluding ortho intramolecular Hbond substituents is 1. The van der Waals surface area contributed by atoms with Crippen molar-refractivity contribution in [2.24, 2.45) is 0 Å². The molecule has 1 rings (SSSR count). The molecule has 0 saturated carbocycles. The van der Waals surface area contributed by atoms with Crippen LogP contribution in [0.5, 0.6) is 5.75 Å². The van der Waals surface area contributed by atoms with Crippen LogP contribution in [0.3, 0.4) is 0 Å². The first-order valence-electron chi connectivity index (χ1n) is 3.85. The van der Waals surface area contributed by atoms with Crippen LogP contribution in [-0.4, -0.2) is 47.6 Å². The Hall–Kier alpha value is 0.220. The van der Waals surface area contributed by atoms with Crippen LogP contribution in [0.15, 0.2) is 17.0 Å². The standard InChI is InChI=1S/C8H9ClO4S.Na.H/c1-2-5-3-7(10)8(4-6(5)9)14(11,12)13;;/h3-4,10H,2H2,1H3,(H,11,12,13);;. The third-order valence-corrected chi connectivity index (χ3v) is 3.02. The fraction of sp³-hybridized carbons (Fsp3) is 0.250. The van der Waals surface area contributed by atoms with Gasteiger partial charge in [0, 0.05) is 5.02 Å². The number of benzene rings is 1. The minimum absolute atomic E-state index is 0. The number of rotatable bonds is 2. The van der Waals surface area contributed by atoms with Crippen molar-refractivity contribution in [1.29, 1.82) is 0 Å². The number of phenols is 1. The Bertz CT molecular complexity index is 458. The summed E-state index contributed by atoms with van der Waals surface area (Å²) < 4.78 is 30.2. The van der Waals surface area contributed by atoms with Crippen molar-refractivity contribution in [2.75, 3.05) is 0 Å². The van der Waals surface area contributed by atoms with Crippen molar-refractivity contribution < 1.29 is 18.1 Å². The van der Waals surface area contributed by atoms with Gasteiger partial charge in [0.15, 0.2) is 0 Å². The molecule has 0 spiro atoms. The molecular formula is C8H10ClNaO4S. The van der Waals surface area contributed by atoms with Crippen molar-refractivity contribution in [3.63, 3.8) is 0 Å². The molecule has 0 aliphatic rings. The Morgan fingerprint density at radius 1 is 1.40 bits per heavy atom. The van der Waals surface area contributed by atoms with Crippen molar-refractivity contribution in [2.45, 2.75) is 18.2 Å². The van der Waals surface area contributed by atoms with Gasteiger partial charge in [-0.15, -0.1) is 0 Å². The predicted molar refractivity (Wildman–Crippen MR) is 59.5 cm³/mol. The molecule has 0 unspecified atom stereocenters. The number of hydrogen-bond acceptors (Lipinski definition) is 3. The van der Waals surface area contributed by atoms with Crippen molar-refractivity contribution >= 4 is 51.3 Å². The monoisotopic (exact) mass is 260 g/mol. The molecule has 15 heavy (non-hydrogen) atoms. The summed E-state index contributed by atoms with van der Waals surface area (Å²) >= 11 is 5.72. The van der Waals surface area contributed by atoms with Gasteiger partial charge in [-0.05, 0) is 24.1 Å². The molecule has 0 atom stereocenters. The van der Waals surface area contributed by atoms with Gasteiger partial charge < -0.3 is 5.11 Å². The Morgan fingerprint density at radius 3 is 2.33 bits per heavy atom. The third kappa shape index (κ3) is 3.62. The molecule has 0 saturated heterocycles. The number of halogens is 1. The number of aromatic hydroxyl groups is 1. The summed E-state index contributed by atoms with van der Waals surface area (Å²) in [5, 5.41) is 9.49. The van der Waals surface area contributed by atoms with Gasteiger partial charge in [-0.3, -0.25) is 4.55 Å². The zero-order valence-corrected chi connectivity index (χ0v) is 8.93. The van der Waals surface area contributed by atoms with E-state index in [0.29, 0.717) is 12.0 Å². The van der Waals surface area contributed by atoms with Crippen molar-refractivity contribution in [3.05, 3.63) is 22.7 Å². The summed E-state index contributed by atoms with van der Waals surface area (Å²) in [7, 11) is -4.42. The van der Waals surface area contributed by atoms with Crippen LogP contribution >= 0.6 is 11.6 Å².